The summed E-state index contributed by atoms with van der Waals surface area (Å²) in [5.74, 6) is 0.995. The first-order chi connectivity index (χ1) is 7.84. The molecule has 1 aliphatic heterocycles. The van der Waals surface area contributed by atoms with Crippen LogP contribution in [-0.4, -0.2) is 11.6 Å². The van der Waals surface area contributed by atoms with Crippen molar-refractivity contribution in [1.82, 2.24) is 4.98 Å². The number of benzene rings is 1. The molecular formula is C12H12N2OS. The van der Waals surface area contributed by atoms with Gasteiger partial charge in [-0.2, -0.15) is 0 Å². The Kier molecular flexibility index (Phi) is 2.38. The van der Waals surface area contributed by atoms with Crippen LogP contribution < -0.4 is 10.5 Å². The van der Waals surface area contributed by atoms with Gasteiger partial charge in [0.2, 0.25) is 0 Å². The second-order valence-corrected chi connectivity index (χ2v) is 4.74. The fourth-order valence-electron chi connectivity index (χ4n) is 1.93. The van der Waals surface area contributed by atoms with E-state index in [1.54, 1.807) is 17.5 Å². The van der Waals surface area contributed by atoms with Gasteiger partial charge < -0.3 is 10.5 Å². The zero-order valence-corrected chi connectivity index (χ0v) is 9.54. The van der Waals surface area contributed by atoms with Crippen LogP contribution in [0.1, 0.15) is 22.2 Å². The van der Waals surface area contributed by atoms with E-state index in [2.05, 4.69) is 11.1 Å². The highest BCUT2D eigenvalue weighted by Crippen LogP contribution is 2.29. The van der Waals surface area contributed by atoms with Crippen molar-refractivity contribution < 1.29 is 4.74 Å². The number of fused-ring (bicyclic) bond motifs is 1. The fraction of sp³-hybridized carbons (Fsp3) is 0.250. The highest BCUT2D eigenvalue weighted by molar-refractivity contribution is 7.09. The maximum atomic E-state index is 6.16. The number of thiazole rings is 1. The minimum absolute atomic E-state index is 0.120. The molecule has 3 nitrogen and oxygen atoms in total. The molecule has 1 aromatic heterocycles. The third kappa shape index (κ3) is 1.60. The predicted molar refractivity (Wildman–Crippen MR) is 63.8 cm³/mol. The first-order valence-corrected chi connectivity index (χ1v) is 6.13. The molecule has 4 heteroatoms. The highest BCUT2D eigenvalue weighted by Gasteiger charge is 2.16. The first-order valence-electron chi connectivity index (χ1n) is 5.25. The Morgan fingerprint density at radius 1 is 1.44 bits per heavy atom. The molecule has 0 saturated heterocycles. The Morgan fingerprint density at radius 2 is 2.38 bits per heavy atom. The number of ether oxygens (including phenoxy) is 1. The van der Waals surface area contributed by atoms with Crippen LogP contribution in [0.25, 0.3) is 0 Å². The Labute approximate surface area is 97.9 Å². The van der Waals surface area contributed by atoms with E-state index in [0.29, 0.717) is 0 Å². The van der Waals surface area contributed by atoms with E-state index in [9.17, 15) is 0 Å². The molecule has 1 unspecified atom stereocenters. The molecule has 3 rings (SSSR count). The molecule has 2 aromatic rings. The lowest BCUT2D eigenvalue weighted by atomic mass is 10.0. The summed E-state index contributed by atoms with van der Waals surface area (Å²) in [5, 5.41) is 2.91. The summed E-state index contributed by atoms with van der Waals surface area (Å²) in [6, 6.07) is 6.04. The summed E-state index contributed by atoms with van der Waals surface area (Å²) in [6.07, 6.45) is 2.77. The van der Waals surface area contributed by atoms with Gasteiger partial charge in [-0.15, -0.1) is 11.3 Å². The quantitative estimate of drug-likeness (QED) is 0.862. The number of nitrogens with zero attached hydrogens (tertiary/aromatic N) is 1. The molecule has 0 bridgehead atoms. The highest BCUT2D eigenvalue weighted by atomic mass is 32.1. The molecular weight excluding hydrogens is 220 g/mol. The van der Waals surface area contributed by atoms with Crippen LogP contribution in [0.3, 0.4) is 0 Å². The minimum atomic E-state index is -0.120. The zero-order valence-electron chi connectivity index (χ0n) is 8.72. The van der Waals surface area contributed by atoms with Gasteiger partial charge in [-0.25, -0.2) is 4.98 Å². The average molecular weight is 232 g/mol. The number of aromatic nitrogens is 1. The maximum absolute atomic E-state index is 6.16. The molecule has 0 amide bonds. The van der Waals surface area contributed by atoms with Gasteiger partial charge in [0.1, 0.15) is 10.8 Å². The summed E-state index contributed by atoms with van der Waals surface area (Å²) in [5.41, 5.74) is 8.53. The lowest BCUT2D eigenvalue weighted by Gasteiger charge is -2.10. The Bertz CT molecular complexity index is 496. The van der Waals surface area contributed by atoms with Crippen LogP contribution in [0.15, 0.2) is 29.8 Å². The van der Waals surface area contributed by atoms with E-state index in [-0.39, 0.29) is 6.04 Å². The Balaban J connectivity index is 1.95. The summed E-state index contributed by atoms with van der Waals surface area (Å²) in [7, 11) is 0. The predicted octanol–water partition coefficient (Wildman–Crippen LogP) is 2.13. The van der Waals surface area contributed by atoms with E-state index >= 15 is 0 Å². The largest absolute Gasteiger partial charge is 0.493 e. The molecule has 82 valence electrons. The molecule has 0 spiro atoms. The number of nitrogens with two attached hydrogens (primary N) is 1. The van der Waals surface area contributed by atoms with E-state index in [1.165, 1.54) is 5.56 Å². The van der Waals surface area contributed by atoms with Crippen LogP contribution in [0.4, 0.5) is 0 Å². The normalized spacial score (nSPS) is 15.6. The van der Waals surface area contributed by atoms with Crippen LogP contribution in [0, 0.1) is 0 Å². The second kappa shape index (κ2) is 3.88. The van der Waals surface area contributed by atoms with Gasteiger partial charge in [0, 0.05) is 18.0 Å². The third-order valence-corrected chi connectivity index (χ3v) is 3.65. The molecule has 1 atom stereocenters. The summed E-state index contributed by atoms with van der Waals surface area (Å²) in [4.78, 5) is 4.25. The van der Waals surface area contributed by atoms with E-state index in [0.717, 1.165) is 29.3 Å². The van der Waals surface area contributed by atoms with Gasteiger partial charge in [0.05, 0.1) is 12.6 Å². The number of hydrogen-bond acceptors (Lipinski definition) is 4. The van der Waals surface area contributed by atoms with Gasteiger partial charge in [0.25, 0.3) is 0 Å². The summed E-state index contributed by atoms with van der Waals surface area (Å²) >= 11 is 1.59. The topological polar surface area (TPSA) is 48.1 Å². The van der Waals surface area contributed by atoms with Crippen molar-refractivity contribution in [1.29, 1.82) is 0 Å². The molecule has 1 aliphatic rings. The first kappa shape index (κ1) is 9.81. The summed E-state index contributed by atoms with van der Waals surface area (Å²) in [6.45, 7) is 0.783. The second-order valence-electron chi connectivity index (χ2n) is 3.81. The fourth-order valence-corrected chi connectivity index (χ4v) is 2.60. The molecule has 2 N–H and O–H groups in total. The smallest absolute Gasteiger partial charge is 0.122 e. The Hall–Kier alpha value is -1.39. The standard InChI is InChI=1S/C12H12N2OS/c13-11(12-14-4-6-16-12)9-1-2-10-8(7-9)3-5-15-10/h1-2,4,6-7,11H,3,5,13H2. The third-order valence-electron chi connectivity index (χ3n) is 2.79. The van der Waals surface area contributed by atoms with Crippen LogP contribution >= 0.6 is 11.3 Å². The van der Waals surface area contributed by atoms with Crippen LogP contribution in [0.2, 0.25) is 0 Å². The van der Waals surface area contributed by atoms with Crippen molar-refractivity contribution >= 4 is 11.3 Å². The Morgan fingerprint density at radius 3 is 3.19 bits per heavy atom. The van der Waals surface area contributed by atoms with Crippen molar-refractivity contribution in [3.8, 4) is 5.75 Å². The van der Waals surface area contributed by atoms with E-state index in [4.69, 9.17) is 10.5 Å². The monoisotopic (exact) mass is 232 g/mol. The number of hydrogen-bond donors (Lipinski definition) is 1. The van der Waals surface area contributed by atoms with E-state index in [1.807, 2.05) is 17.5 Å². The van der Waals surface area contributed by atoms with E-state index < -0.39 is 0 Å². The van der Waals surface area contributed by atoms with Crippen molar-refractivity contribution in [2.75, 3.05) is 6.61 Å². The summed E-state index contributed by atoms with van der Waals surface area (Å²) < 4.78 is 5.47. The van der Waals surface area contributed by atoms with Crippen LogP contribution in [-0.2, 0) is 6.42 Å². The molecule has 0 fully saturated rings. The molecule has 0 saturated carbocycles. The van der Waals surface area contributed by atoms with Gasteiger partial charge in [-0.3, -0.25) is 0 Å². The maximum Gasteiger partial charge on any atom is 0.122 e. The van der Waals surface area contributed by atoms with Crippen molar-refractivity contribution in [3.05, 3.63) is 45.9 Å². The lowest BCUT2D eigenvalue weighted by Crippen LogP contribution is -2.11. The lowest BCUT2D eigenvalue weighted by molar-refractivity contribution is 0.357. The average Bonchev–Trinajstić information content (AvgIpc) is 2.98. The molecule has 0 radical (unpaired) electrons. The zero-order chi connectivity index (χ0) is 11.0. The minimum Gasteiger partial charge on any atom is -0.493 e. The molecule has 16 heavy (non-hydrogen) atoms. The van der Waals surface area contributed by atoms with Gasteiger partial charge in [-0.05, 0) is 23.3 Å². The van der Waals surface area contributed by atoms with Gasteiger partial charge >= 0.3 is 0 Å². The van der Waals surface area contributed by atoms with Gasteiger partial charge in [0.15, 0.2) is 0 Å². The molecule has 0 aliphatic carbocycles. The van der Waals surface area contributed by atoms with Crippen molar-refractivity contribution in [3.63, 3.8) is 0 Å². The molecule has 2 heterocycles. The van der Waals surface area contributed by atoms with Crippen molar-refractivity contribution in [2.45, 2.75) is 12.5 Å². The van der Waals surface area contributed by atoms with Gasteiger partial charge in [-0.1, -0.05) is 6.07 Å². The van der Waals surface area contributed by atoms with Crippen LogP contribution in [0.5, 0.6) is 5.75 Å². The molecule has 1 aromatic carbocycles. The van der Waals surface area contributed by atoms with Crippen molar-refractivity contribution in [2.24, 2.45) is 5.73 Å². The SMILES string of the molecule is NC(c1ccc2c(c1)CCO2)c1nccs1. The number of rotatable bonds is 2.